The van der Waals surface area contributed by atoms with Gasteiger partial charge in [-0.2, -0.15) is 10.1 Å². The molecular weight excluding hydrogens is 416 g/mol. The normalized spacial score (nSPS) is 18.1. The summed E-state index contributed by atoms with van der Waals surface area (Å²) in [6.07, 6.45) is 5.99. The van der Waals surface area contributed by atoms with Crippen LogP contribution in [0, 0.1) is 6.92 Å². The van der Waals surface area contributed by atoms with Crippen molar-refractivity contribution >= 4 is 34.7 Å². The molecule has 1 saturated heterocycles. The molecule has 33 heavy (non-hydrogen) atoms. The second-order valence-electron chi connectivity index (χ2n) is 8.91. The van der Waals surface area contributed by atoms with Crippen molar-refractivity contribution in [2.24, 2.45) is 0 Å². The van der Waals surface area contributed by atoms with Gasteiger partial charge in [0.1, 0.15) is 11.6 Å². The Balaban J connectivity index is 1.27. The number of H-pyrrole nitrogens is 1. The Hall–Kier alpha value is -3.88. The van der Waals surface area contributed by atoms with E-state index < -0.39 is 0 Å². The van der Waals surface area contributed by atoms with Gasteiger partial charge >= 0.3 is 0 Å². The molecule has 3 N–H and O–H groups in total. The molecular formula is C24H26N8O. The number of amides is 1. The van der Waals surface area contributed by atoms with Crippen molar-refractivity contribution in [1.82, 2.24) is 24.8 Å². The topological polar surface area (TPSA) is 103 Å². The Labute approximate surface area is 191 Å². The Morgan fingerprint density at radius 2 is 2.00 bits per heavy atom. The summed E-state index contributed by atoms with van der Waals surface area (Å²) < 4.78 is 1.80. The molecule has 1 aliphatic carbocycles. The fourth-order valence-corrected chi connectivity index (χ4v) is 4.40. The van der Waals surface area contributed by atoms with Crippen LogP contribution in [0.25, 0.3) is 5.52 Å². The molecule has 4 heterocycles. The van der Waals surface area contributed by atoms with Gasteiger partial charge in [0.15, 0.2) is 11.6 Å². The predicted octanol–water partition coefficient (Wildman–Crippen LogP) is 3.99. The van der Waals surface area contributed by atoms with Gasteiger partial charge in [0, 0.05) is 36.1 Å². The van der Waals surface area contributed by atoms with E-state index in [4.69, 9.17) is 10.1 Å². The summed E-state index contributed by atoms with van der Waals surface area (Å²) in [5, 5.41) is 18.6. The number of rotatable bonds is 6. The number of fused-ring (bicyclic) bond motifs is 1. The van der Waals surface area contributed by atoms with E-state index in [0.29, 0.717) is 17.7 Å². The molecule has 2 aliphatic rings. The average Bonchev–Trinajstić information content (AvgIpc) is 3.20. The fourth-order valence-electron chi connectivity index (χ4n) is 4.40. The lowest BCUT2D eigenvalue weighted by molar-refractivity contribution is -0.117. The summed E-state index contributed by atoms with van der Waals surface area (Å²) >= 11 is 0. The average molecular weight is 443 g/mol. The molecule has 0 spiro atoms. The summed E-state index contributed by atoms with van der Waals surface area (Å²) in [4.78, 5) is 19.9. The summed E-state index contributed by atoms with van der Waals surface area (Å²) in [5.74, 6) is 2.49. The molecule has 4 aromatic rings. The summed E-state index contributed by atoms with van der Waals surface area (Å²) in [6, 6.07) is 13.5. The van der Waals surface area contributed by atoms with E-state index in [1.54, 1.807) is 4.52 Å². The van der Waals surface area contributed by atoms with Gasteiger partial charge in [-0.1, -0.05) is 17.7 Å². The first kappa shape index (κ1) is 19.8. The van der Waals surface area contributed by atoms with E-state index in [2.05, 4.69) is 20.8 Å². The van der Waals surface area contributed by atoms with E-state index in [-0.39, 0.29) is 11.9 Å². The molecule has 3 aromatic heterocycles. The van der Waals surface area contributed by atoms with Gasteiger partial charge in [-0.15, -0.1) is 5.10 Å². The van der Waals surface area contributed by atoms with Gasteiger partial charge in [-0.05, 0) is 56.9 Å². The smallest absolute Gasteiger partial charge is 0.247 e. The van der Waals surface area contributed by atoms with Gasteiger partial charge in [-0.3, -0.25) is 9.89 Å². The monoisotopic (exact) mass is 442 g/mol. The lowest BCUT2D eigenvalue weighted by atomic mass is 10.2. The molecule has 9 heteroatoms. The van der Waals surface area contributed by atoms with Crippen LogP contribution in [-0.4, -0.2) is 43.3 Å². The number of carbonyl (C=O) groups excluding carboxylic acids is 1. The third-order valence-electron chi connectivity index (χ3n) is 6.37. The molecule has 6 rings (SSSR count). The summed E-state index contributed by atoms with van der Waals surface area (Å²) in [5.41, 5.74) is 3.97. The lowest BCUT2D eigenvalue weighted by Crippen LogP contribution is -2.40. The van der Waals surface area contributed by atoms with Crippen LogP contribution < -0.4 is 15.5 Å². The van der Waals surface area contributed by atoms with Crippen molar-refractivity contribution in [2.75, 3.05) is 22.1 Å². The maximum absolute atomic E-state index is 13.1. The fraction of sp³-hybridized carbons (Fsp3) is 0.333. The van der Waals surface area contributed by atoms with Crippen LogP contribution >= 0.6 is 0 Å². The maximum atomic E-state index is 13.1. The Bertz CT molecular complexity index is 1300. The largest absolute Gasteiger partial charge is 0.327 e. The highest BCUT2D eigenvalue weighted by Gasteiger charge is 2.33. The van der Waals surface area contributed by atoms with Gasteiger partial charge < -0.3 is 15.5 Å². The van der Waals surface area contributed by atoms with Gasteiger partial charge in [-0.25, -0.2) is 4.52 Å². The van der Waals surface area contributed by atoms with Crippen molar-refractivity contribution in [1.29, 1.82) is 0 Å². The first-order valence-electron chi connectivity index (χ1n) is 11.5. The molecule has 0 bridgehead atoms. The number of anilines is 4. The highest BCUT2D eigenvalue weighted by molar-refractivity contribution is 5.97. The molecule has 168 valence electrons. The maximum Gasteiger partial charge on any atom is 0.247 e. The van der Waals surface area contributed by atoms with Crippen molar-refractivity contribution < 1.29 is 4.79 Å². The first-order chi connectivity index (χ1) is 16.1. The number of hydrogen-bond donors (Lipinski definition) is 3. The quantitative estimate of drug-likeness (QED) is 0.417. The van der Waals surface area contributed by atoms with E-state index in [1.165, 1.54) is 12.8 Å². The number of aromatic amines is 1. The molecule has 2 fully saturated rings. The zero-order valence-corrected chi connectivity index (χ0v) is 18.5. The number of nitrogens with zero attached hydrogens (tertiary/aromatic N) is 5. The van der Waals surface area contributed by atoms with E-state index in [0.717, 1.165) is 47.7 Å². The standard InChI is InChI=1S/C24H26N8O/c1-15-6-10-17(11-7-15)25-23(33)20-5-2-12-31(20)24-27-22(19-4-3-13-32(19)30-24)26-21-14-18(28-29-21)16-8-9-16/h3-4,6-7,10-11,13-14,16,20H,2,5,8-9,12H2,1H3,(H,25,33)(H2,26,27,28,29,30)/t20-/m0/s1. The van der Waals surface area contributed by atoms with Gasteiger partial charge in [0.05, 0.1) is 0 Å². The van der Waals surface area contributed by atoms with Crippen molar-refractivity contribution in [3.05, 3.63) is 59.9 Å². The van der Waals surface area contributed by atoms with Crippen LogP contribution in [0.5, 0.6) is 0 Å². The molecule has 1 saturated carbocycles. The molecule has 9 nitrogen and oxygen atoms in total. The van der Waals surface area contributed by atoms with Crippen molar-refractivity contribution in [2.45, 2.75) is 44.6 Å². The molecule has 1 aliphatic heterocycles. The molecule has 0 radical (unpaired) electrons. The van der Waals surface area contributed by atoms with Crippen LogP contribution in [0.15, 0.2) is 48.7 Å². The number of aromatic nitrogens is 5. The van der Waals surface area contributed by atoms with E-state index in [9.17, 15) is 4.79 Å². The number of nitrogens with one attached hydrogen (secondary N) is 3. The second kappa shape index (κ2) is 7.91. The van der Waals surface area contributed by atoms with Crippen LogP contribution in [0.2, 0.25) is 0 Å². The van der Waals surface area contributed by atoms with E-state index >= 15 is 0 Å². The third-order valence-corrected chi connectivity index (χ3v) is 6.37. The number of benzene rings is 1. The highest BCUT2D eigenvalue weighted by Crippen LogP contribution is 2.39. The highest BCUT2D eigenvalue weighted by atomic mass is 16.2. The van der Waals surface area contributed by atoms with Gasteiger partial charge in [0.25, 0.3) is 0 Å². The SMILES string of the molecule is Cc1ccc(NC(=O)[C@@H]2CCCN2c2nc(Nc3cc(C4CC4)[nH]n3)c3cccn3n2)cc1. The number of hydrogen-bond acceptors (Lipinski definition) is 6. The zero-order chi connectivity index (χ0) is 22.4. The van der Waals surface area contributed by atoms with Crippen LogP contribution in [0.4, 0.5) is 23.3 Å². The van der Waals surface area contributed by atoms with Crippen LogP contribution in [0.1, 0.15) is 42.9 Å². The summed E-state index contributed by atoms with van der Waals surface area (Å²) in [7, 11) is 0. The number of carbonyl (C=O) groups is 1. The zero-order valence-electron chi connectivity index (χ0n) is 18.5. The summed E-state index contributed by atoms with van der Waals surface area (Å²) in [6.45, 7) is 2.76. The van der Waals surface area contributed by atoms with Crippen molar-refractivity contribution in [3.63, 3.8) is 0 Å². The minimum absolute atomic E-state index is 0.0385. The lowest BCUT2D eigenvalue weighted by Gasteiger charge is -2.24. The molecule has 1 aromatic carbocycles. The van der Waals surface area contributed by atoms with Crippen LogP contribution in [-0.2, 0) is 4.79 Å². The first-order valence-corrected chi connectivity index (χ1v) is 11.5. The second-order valence-corrected chi connectivity index (χ2v) is 8.91. The molecule has 0 unspecified atom stereocenters. The van der Waals surface area contributed by atoms with Crippen LogP contribution in [0.3, 0.4) is 0 Å². The molecule has 1 atom stereocenters. The Morgan fingerprint density at radius 3 is 2.82 bits per heavy atom. The Kier molecular flexibility index (Phi) is 4.74. The van der Waals surface area contributed by atoms with E-state index in [1.807, 2.05) is 60.5 Å². The van der Waals surface area contributed by atoms with Crippen molar-refractivity contribution in [3.8, 4) is 0 Å². The number of aryl methyl sites for hydroxylation is 1. The third kappa shape index (κ3) is 3.90. The minimum Gasteiger partial charge on any atom is -0.327 e. The minimum atomic E-state index is -0.320. The Morgan fingerprint density at radius 1 is 1.15 bits per heavy atom. The molecule has 1 amide bonds. The predicted molar refractivity (Wildman–Crippen MR) is 127 cm³/mol. The van der Waals surface area contributed by atoms with Gasteiger partial charge in [0.2, 0.25) is 11.9 Å².